The van der Waals surface area contributed by atoms with Crippen molar-refractivity contribution in [3.05, 3.63) is 0 Å². The molecule has 0 aromatic carbocycles. The highest BCUT2D eigenvalue weighted by atomic mass is 16.4. The number of carboxylic acid groups (broad SMARTS) is 1. The molecule has 0 bridgehead atoms. The Kier molecular flexibility index (Phi) is 5.87. The zero-order chi connectivity index (χ0) is 13.5. The number of carboxylic acids is 1. The fourth-order valence-corrected chi connectivity index (χ4v) is 2.01. The van der Waals surface area contributed by atoms with Gasteiger partial charge in [-0.05, 0) is 26.4 Å². The van der Waals surface area contributed by atoms with Gasteiger partial charge in [-0.25, -0.2) is 9.59 Å². The lowest BCUT2D eigenvalue weighted by atomic mass is 10.0. The van der Waals surface area contributed by atoms with Gasteiger partial charge in [0.05, 0.1) is 6.61 Å². The first-order chi connectivity index (χ1) is 8.54. The van der Waals surface area contributed by atoms with Crippen molar-refractivity contribution in [1.82, 2.24) is 15.5 Å². The van der Waals surface area contributed by atoms with E-state index in [1.807, 2.05) is 7.05 Å². The number of urea groups is 1. The molecule has 7 nitrogen and oxygen atoms in total. The molecule has 1 aliphatic heterocycles. The third-order valence-corrected chi connectivity index (χ3v) is 3.21. The summed E-state index contributed by atoms with van der Waals surface area (Å²) in [7, 11) is 2.01. The quantitative estimate of drug-likeness (QED) is 0.518. The molecule has 1 rings (SSSR count). The van der Waals surface area contributed by atoms with Crippen LogP contribution in [-0.2, 0) is 4.79 Å². The largest absolute Gasteiger partial charge is 0.480 e. The van der Waals surface area contributed by atoms with E-state index in [-0.39, 0.29) is 0 Å². The molecule has 0 radical (unpaired) electrons. The summed E-state index contributed by atoms with van der Waals surface area (Å²) < 4.78 is 0. The predicted molar refractivity (Wildman–Crippen MR) is 65.3 cm³/mol. The van der Waals surface area contributed by atoms with Gasteiger partial charge in [0, 0.05) is 12.6 Å². The lowest BCUT2D eigenvalue weighted by molar-refractivity contribution is -0.140. The number of likely N-dealkylation sites (tertiary alicyclic amines) is 1. The summed E-state index contributed by atoms with van der Waals surface area (Å²) in [5.74, 6) is -1.25. The van der Waals surface area contributed by atoms with Crippen molar-refractivity contribution >= 4 is 12.0 Å². The van der Waals surface area contributed by atoms with Gasteiger partial charge in [0.15, 0.2) is 6.04 Å². The van der Waals surface area contributed by atoms with Crippen molar-refractivity contribution in [2.45, 2.75) is 31.3 Å². The number of rotatable bonds is 5. The number of likely N-dealkylation sites (N-methyl/N-ethyl adjacent to an activating group) is 1. The van der Waals surface area contributed by atoms with E-state index >= 15 is 0 Å². The lowest BCUT2D eigenvalue weighted by Crippen LogP contribution is -2.51. The number of carbonyl (C=O) groups excluding carboxylic acids is 1. The molecule has 0 aliphatic carbocycles. The van der Waals surface area contributed by atoms with E-state index in [9.17, 15) is 9.59 Å². The third-order valence-electron chi connectivity index (χ3n) is 3.21. The standard InChI is InChI=1S/C11H21N3O4/c1-14-5-3-2-4-8(14)6-12-11(18)13-9(7-15)10(16)17/h8-9,15H,2-7H2,1H3,(H,16,17)(H2,12,13,18). The van der Waals surface area contributed by atoms with Crippen molar-refractivity contribution in [3.63, 3.8) is 0 Å². The topological polar surface area (TPSA) is 102 Å². The maximum Gasteiger partial charge on any atom is 0.328 e. The lowest BCUT2D eigenvalue weighted by Gasteiger charge is -2.32. The Morgan fingerprint density at radius 1 is 1.44 bits per heavy atom. The number of aliphatic hydroxyl groups is 1. The number of amides is 2. The van der Waals surface area contributed by atoms with Crippen LogP contribution in [0.25, 0.3) is 0 Å². The minimum atomic E-state index is -1.26. The summed E-state index contributed by atoms with van der Waals surface area (Å²) in [6.07, 6.45) is 3.34. The average molecular weight is 259 g/mol. The molecule has 2 unspecified atom stereocenters. The monoisotopic (exact) mass is 259 g/mol. The fourth-order valence-electron chi connectivity index (χ4n) is 2.01. The highest BCUT2D eigenvalue weighted by Gasteiger charge is 2.21. The van der Waals surface area contributed by atoms with E-state index < -0.39 is 24.6 Å². The number of carbonyl (C=O) groups is 2. The molecule has 1 aliphatic rings. The summed E-state index contributed by atoms with van der Waals surface area (Å²) in [5, 5.41) is 22.3. The second-order valence-corrected chi connectivity index (χ2v) is 4.56. The van der Waals surface area contributed by atoms with Gasteiger partial charge in [-0.2, -0.15) is 0 Å². The summed E-state index contributed by atoms with van der Waals surface area (Å²) in [6, 6.07) is -1.52. The predicted octanol–water partition coefficient (Wildman–Crippen LogP) is -0.785. The zero-order valence-electron chi connectivity index (χ0n) is 10.6. The summed E-state index contributed by atoms with van der Waals surface area (Å²) in [5.41, 5.74) is 0. The van der Waals surface area contributed by atoms with Crippen molar-refractivity contribution in [2.75, 3.05) is 26.7 Å². The Morgan fingerprint density at radius 3 is 2.72 bits per heavy atom. The number of piperidine rings is 1. The number of aliphatic hydroxyl groups excluding tert-OH is 1. The van der Waals surface area contributed by atoms with E-state index in [1.54, 1.807) is 0 Å². The molecule has 18 heavy (non-hydrogen) atoms. The van der Waals surface area contributed by atoms with Crippen LogP contribution in [0, 0.1) is 0 Å². The van der Waals surface area contributed by atoms with Crippen LogP contribution < -0.4 is 10.6 Å². The number of nitrogens with one attached hydrogen (secondary N) is 2. The number of hydrogen-bond acceptors (Lipinski definition) is 4. The Morgan fingerprint density at radius 2 is 2.17 bits per heavy atom. The number of aliphatic carboxylic acids is 1. The Balaban J connectivity index is 2.29. The molecule has 4 N–H and O–H groups in total. The Hall–Kier alpha value is -1.34. The molecule has 1 fully saturated rings. The van der Waals surface area contributed by atoms with Crippen molar-refractivity contribution < 1.29 is 19.8 Å². The van der Waals surface area contributed by atoms with E-state index in [0.29, 0.717) is 12.6 Å². The molecule has 7 heteroatoms. The maximum atomic E-state index is 11.5. The molecule has 0 aromatic rings. The van der Waals surface area contributed by atoms with Crippen molar-refractivity contribution in [3.8, 4) is 0 Å². The van der Waals surface area contributed by atoms with Gasteiger partial charge < -0.3 is 25.7 Å². The average Bonchev–Trinajstić information content (AvgIpc) is 2.34. The highest BCUT2D eigenvalue weighted by molar-refractivity contribution is 5.82. The van der Waals surface area contributed by atoms with E-state index in [1.165, 1.54) is 6.42 Å². The summed E-state index contributed by atoms with van der Waals surface area (Å²) >= 11 is 0. The minimum Gasteiger partial charge on any atom is -0.480 e. The molecular weight excluding hydrogens is 238 g/mol. The first-order valence-corrected chi connectivity index (χ1v) is 6.13. The zero-order valence-corrected chi connectivity index (χ0v) is 10.6. The van der Waals surface area contributed by atoms with Crippen molar-refractivity contribution in [1.29, 1.82) is 0 Å². The number of nitrogens with zero attached hydrogens (tertiary/aromatic N) is 1. The Bertz CT molecular complexity index is 298. The van der Waals surface area contributed by atoms with Crippen LogP contribution in [0.1, 0.15) is 19.3 Å². The second-order valence-electron chi connectivity index (χ2n) is 4.56. The van der Waals surface area contributed by atoms with Crippen LogP contribution in [0.15, 0.2) is 0 Å². The van der Waals surface area contributed by atoms with E-state index in [4.69, 9.17) is 10.2 Å². The van der Waals surface area contributed by atoms with Gasteiger partial charge in [-0.1, -0.05) is 6.42 Å². The van der Waals surface area contributed by atoms with Gasteiger partial charge >= 0.3 is 12.0 Å². The maximum absolute atomic E-state index is 11.5. The first-order valence-electron chi connectivity index (χ1n) is 6.13. The van der Waals surface area contributed by atoms with Gasteiger partial charge in [0.2, 0.25) is 0 Å². The SMILES string of the molecule is CN1CCCCC1CNC(=O)NC(CO)C(=O)O. The molecule has 0 aromatic heterocycles. The van der Waals surface area contributed by atoms with Crippen LogP contribution in [-0.4, -0.2) is 65.9 Å². The smallest absolute Gasteiger partial charge is 0.328 e. The van der Waals surface area contributed by atoms with Gasteiger partial charge in [-0.3, -0.25) is 0 Å². The third kappa shape index (κ3) is 4.50. The van der Waals surface area contributed by atoms with E-state index in [0.717, 1.165) is 19.4 Å². The van der Waals surface area contributed by atoms with Crippen molar-refractivity contribution in [2.24, 2.45) is 0 Å². The molecule has 1 saturated heterocycles. The summed E-state index contributed by atoms with van der Waals surface area (Å²) in [4.78, 5) is 24.2. The fraction of sp³-hybridized carbons (Fsp3) is 0.818. The van der Waals surface area contributed by atoms with Crippen LogP contribution in [0.4, 0.5) is 4.79 Å². The molecular formula is C11H21N3O4. The van der Waals surface area contributed by atoms with Gasteiger partial charge in [-0.15, -0.1) is 0 Å². The molecule has 1 heterocycles. The van der Waals surface area contributed by atoms with Gasteiger partial charge in [0.1, 0.15) is 0 Å². The molecule has 0 saturated carbocycles. The van der Waals surface area contributed by atoms with Gasteiger partial charge in [0.25, 0.3) is 0 Å². The van der Waals surface area contributed by atoms with E-state index in [2.05, 4.69) is 15.5 Å². The highest BCUT2D eigenvalue weighted by Crippen LogP contribution is 2.13. The van der Waals surface area contributed by atoms with Crippen LogP contribution in [0.5, 0.6) is 0 Å². The summed E-state index contributed by atoms with van der Waals surface area (Å²) in [6.45, 7) is 0.883. The molecule has 0 spiro atoms. The second kappa shape index (κ2) is 7.17. The normalized spacial score (nSPS) is 22.2. The minimum absolute atomic E-state index is 0.293. The first kappa shape index (κ1) is 14.7. The van der Waals surface area contributed by atoms with Crippen LogP contribution in [0.3, 0.4) is 0 Å². The van der Waals surface area contributed by atoms with Crippen LogP contribution >= 0.6 is 0 Å². The molecule has 2 atom stereocenters. The molecule has 2 amide bonds. The van der Waals surface area contributed by atoms with Crippen LogP contribution in [0.2, 0.25) is 0 Å². The number of hydrogen-bond donors (Lipinski definition) is 4. The Labute approximate surface area is 106 Å². The molecule has 104 valence electrons.